The van der Waals surface area contributed by atoms with E-state index in [-0.39, 0.29) is 0 Å². The van der Waals surface area contributed by atoms with E-state index in [9.17, 15) is 0 Å². The fraction of sp³-hybridized carbons (Fsp3) is 1.00. The first-order valence-electron chi connectivity index (χ1n) is 8.43. The van der Waals surface area contributed by atoms with E-state index in [1.165, 1.54) is 58.4 Å². The summed E-state index contributed by atoms with van der Waals surface area (Å²) in [6.07, 6.45) is 5.05. The van der Waals surface area contributed by atoms with Crippen LogP contribution in [-0.4, -0.2) is 75.9 Å². The second-order valence-corrected chi connectivity index (χ2v) is 6.77. The highest BCUT2D eigenvalue weighted by molar-refractivity contribution is 4.88. The third kappa shape index (κ3) is 4.99. The topological polar surface area (TPSA) is 27.7 Å². The standard InChI is InChI=1S/C16H33N3O/c1-3-7-17-13-16(6-4-12-20-15-16)14-19-9-5-8-18(2)10-11-19/h17H,3-15H2,1-2H3. The Hall–Kier alpha value is -0.160. The highest BCUT2D eigenvalue weighted by Gasteiger charge is 2.34. The summed E-state index contributed by atoms with van der Waals surface area (Å²) in [6, 6.07) is 0. The Morgan fingerprint density at radius 2 is 2.05 bits per heavy atom. The van der Waals surface area contributed by atoms with Crippen LogP contribution in [0.15, 0.2) is 0 Å². The second-order valence-electron chi connectivity index (χ2n) is 6.77. The lowest BCUT2D eigenvalue weighted by Crippen LogP contribution is -2.49. The molecule has 2 fully saturated rings. The summed E-state index contributed by atoms with van der Waals surface area (Å²) >= 11 is 0. The summed E-state index contributed by atoms with van der Waals surface area (Å²) in [6.45, 7) is 12.5. The molecular weight excluding hydrogens is 250 g/mol. The molecule has 2 saturated heterocycles. The fourth-order valence-corrected chi connectivity index (χ4v) is 3.49. The molecule has 0 spiro atoms. The molecule has 1 atom stereocenters. The Bertz CT molecular complexity index is 266. The maximum atomic E-state index is 5.83. The average molecular weight is 283 g/mol. The molecule has 4 nitrogen and oxygen atoms in total. The van der Waals surface area contributed by atoms with Crippen LogP contribution in [0.2, 0.25) is 0 Å². The van der Waals surface area contributed by atoms with Crippen molar-refractivity contribution in [3.05, 3.63) is 0 Å². The van der Waals surface area contributed by atoms with Crippen LogP contribution in [0, 0.1) is 5.41 Å². The monoisotopic (exact) mass is 283 g/mol. The minimum atomic E-state index is 0.344. The van der Waals surface area contributed by atoms with Gasteiger partial charge in [0.05, 0.1) is 6.61 Å². The van der Waals surface area contributed by atoms with Gasteiger partial charge >= 0.3 is 0 Å². The van der Waals surface area contributed by atoms with Crippen molar-refractivity contribution in [2.75, 3.05) is 66.1 Å². The van der Waals surface area contributed by atoms with Crippen molar-refractivity contribution in [3.8, 4) is 0 Å². The van der Waals surface area contributed by atoms with E-state index in [2.05, 4.69) is 29.1 Å². The van der Waals surface area contributed by atoms with Gasteiger partial charge in [-0.05, 0) is 52.4 Å². The van der Waals surface area contributed by atoms with Crippen molar-refractivity contribution in [1.82, 2.24) is 15.1 Å². The van der Waals surface area contributed by atoms with Gasteiger partial charge in [-0.1, -0.05) is 6.92 Å². The Kier molecular flexibility index (Phi) is 6.75. The van der Waals surface area contributed by atoms with Gasteiger partial charge in [0, 0.05) is 38.2 Å². The Morgan fingerprint density at radius 3 is 2.80 bits per heavy atom. The van der Waals surface area contributed by atoms with E-state index < -0.39 is 0 Å². The Morgan fingerprint density at radius 1 is 1.15 bits per heavy atom. The van der Waals surface area contributed by atoms with E-state index in [0.717, 1.165) is 26.3 Å². The molecule has 0 radical (unpaired) electrons. The highest BCUT2D eigenvalue weighted by Crippen LogP contribution is 2.29. The zero-order valence-electron chi connectivity index (χ0n) is 13.5. The molecule has 2 aliphatic heterocycles. The van der Waals surface area contributed by atoms with E-state index >= 15 is 0 Å². The Balaban J connectivity index is 1.88. The molecule has 1 unspecified atom stereocenters. The van der Waals surface area contributed by atoms with E-state index in [0.29, 0.717) is 5.41 Å². The summed E-state index contributed by atoms with van der Waals surface area (Å²) in [5.41, 5.74) is 0.344. The SMILES string of the molecule is CCCNCC1(CN2CCCN(C)CC2)CCCOC1. The molecule has 0 saturated carbocycles. The molecule has 2 rings (SSSR count). The number of nitrogens with one attached hydrogen (secondary N) is 1. The van der Waals surface area contributed by atoms with E-state index in [4.69, 9.17) is 4.74 Å². The van der Waals surface area contributed by atoms with Crippen LogP contribution in [0.3, 0.4) is 0 Å². The number of rotatable bonds is 6. The first-order chi connectivity index (χ1) is 9.74. The predicted molar refractivity (Wildman–Crippen MR) is 84.2 cm³/mol. The average Bonchev–Trinajstić information content (AvgIpc) is 2.65. The number of hydrogen-bond acceptors (Lipinski definition) is 4. The van der Waals surface area contributed by atoms with Crippen molar-refractivity contribution >= 4 is 0 Å². The zero-order valence-corrected chi connectivity index (χ0v) is 13.5. The molecule has 2 aliphatic rings. The highest BCUT2D eigenvalue weighted by atomic mass is 16.5. The predicted octanol–water partition coefficient (Wildman–Crippen LogP) is 1.42. The van der Waals surface area contributed by atoms with Crippen LogP contribution < -0.4 is 5.32 Å². The number of hydrogen-bond donors (Lipinski definition) is 1. The summed E-state index contributed by atoms with van der Waals surface area (Å²) < 4.78 is 5.83. The molecular formula is C16H33N3O. The quantitative estimate of drug-likeness (QED) is 0.746. The fourth-order valence-electron chi connectivity index (χ4n) is 3.49. The summed E-state index contributed by atoms with van der Waals surface area (Å²) in [5.74, 6) is 0. The van der Waals surface area contributed by atoms with Gasteiger partial charge in [-0.2, -0.15) is 0 Å². The lowest BCUT2D eigenvalue weighted by Gasteiger charge is -2.41. The molecule has 0 aromatic heterocycles. The van der Waals surface area contributed by atoms with Gasteiger partial charge in [0.1, 0.15) is 0 Å². The van der Waals surface area contributed by atoms with Crippen molar-refractivity contribution in [2.24, 2.45) is 5.41 Å². The molecule has 20 heavy (non-hydrogen) atoms. The molecule has 4 heteroatoms. The smallest absolute Gasteiger partial charge is 0.0546 e. The van der Waals surface area contributed by atoms with E-state index in [1.54, 1.807) is 0 Å². The summed E-state index contributed by atoms with van der Waals surface area (Å²) in [4.78, 5) is 5.13. The van der Waals surface area contributed by atoms with Crippen LogP contribution in [0.25, 0.3) is 0 Å². The molecule has 0 aromatic carbocycles. The number of ether oxygens (including phenoxy) is 1. The third-order valence-corrected chi connectivity index (χ3v) is 4.70. The second kappa shape index (κ2) is 8.32. The third-order valence-electron chi connectivity index (χ3n) is 4.70. The minimum Gasteiger partial charge on any atom is -0.381 e. The van der Waals surface area contributed by atoms with Crippen molar-refractivity contribution in [2.45, 2.75) is 32.6 Å². The van der Waals surface area contributed by atoms with Crippen LogP contribution in [0.5, 0.6) is 0 Å². The first kappa shape index (κ1) is 16.2. The molecule has 118 valence electrons. The van der Waals surface area contributed by atoms with Gasteiger partial charge < -0.3 is 19.9 Å². The lowest BCUT2D eigenvalue weighted by atomic mass is 9.81. The maximum Gasteiger partial charge on any atom is 0.0546 e. The molecule has 0 bridgehead atoms. The van der Waals surface area contributed by atoms with Crippen molar-refractivity contribution < 1.29 is 4.74 Å². The maximum absolute atomic E-state index is 5.83. The lowest BCUT2D eigenvalue weighted by molar-refractivity contribution is -0.0255. The largest absolute Gasteiger partial charge is 0.381 e. The molecule has 0 aromatic rings. The van der Waals surface area contributed by atoms with Gasteiger partial charge in [0.2, 0.25) is 0 Å². The normalized spacial score (nSPS) is 30.3. The molecule has 0 amide bonds. The van der Waals surface area contributed by atoms with Gasteiger partial charge in [0.25, 0.3) is 0 Å². The van der Waals surface area contributed by atoms with Gasteiger partial charge in [-0.15, -0.1) is 0 Å². The first-order valence-corrected chi connectivity index (χ1v) is 8.43. The zero-order chi connectivity index (χ0) is 14.3. The number of likely N-dealkylation sites (N-methyl/N-ethyl adjacent to an activating group) is 1. The van der Waals surface area contributed by atoms with Crippen LogP contribution in [0.4, 0.5) is 0 Å². The summed E-state index contributed by atoms with van der Waals surface area (Å²) in [5, 5.41) is 3.64. The van der Waals surface area contributed by atoms with Gasteiger partial charge in [-0.25, -0.2) is 0 Å². The number of nitrogens with zero attached hydrogens (tertiary/aromatic N) is 2. The molecule has 2 heterocycles. The Labute approximate surface area is 124 Å². The molecule has 1 N–H and O–H groups in total. The van der Waals surface area contributed by atoms with E-state index in [1.807, 2.05) is 0 Å². The van der Waals surface area contributed by atoms with Gasteiger partial charge in [-0.3, -0.25) is 0 Å². The van der Waals surface area contributed by atoms with Crippen LogP contribution in [-0.2, 0) is 4.74 Å². The van der Waals surface area contributed by atoms with Crippen molar-refractivity contribution in [1.29, 1.82) is 0 Å². The van der Waals surface area contributed by atoms with Crippen LogP contribution in [0.1, 0.15) is 32.6 Å². The van der Waals surface area contributed by atoms with Crippen LogP contribution >= 0.6 is 0 Å². The molecule has 0 aliphatic carbocycles. The van der Waals surface area contributed by atoms with Crippen molar-refractivity contribution in [3.63, 3.8) is 0 Å². The summed E-state index contributed by atoms with van der Waals surface area (Å²) in [7, 11) is 2.24. The van der Waals surface area contributed by atoms with Gasteiger partial charge in [0.15, 0.2) is 0 Å². The minimum absolute atomic E-state index is 0.344.